The molecule has 0 aliphatic carbocycles. The summed E-state index contributed by atoms with van der Waals surface area (Å²) in [4.78, 5) is 17.0. The first-order valence-corrected chi connectivity index (χ1v) is 15.1. The topological polar surface area (TPSA) is 60.5 Å². The summed E-state index contributed by atoms with van der Waals surface area (Å²) in [6, 6.07) is 16.9. The molecule has 0 aliphatic rings. The van der Waals surface area contributed by atoms with Crippen LogP contribution in [0.4, 0.5) is 18.0 Å². The molecule has 0 saturated heterocycles. The lowest BCUT2D eigenvalue weighted by Gasteiger charge is -2.36. The summed E-state index contributed by atoms with van der Waals surface area (Å²) >= 11 is 0. The van der Waals surface area contributed by atoms with Gasteiger partial charge in [-0.3, -0.25) is 4.98 Å². The Balaban J connectivity index is 1.82. The lowest BCUT2D eigenvalue weighted by molar-refractivity contribution is -0.258. The number of carbonyl (C=O) groups excluding carboxylic acids is 1. The maximum atomic E-state index is 14.3. The molecule has 200 valence electrons. The van der Waals surface area contributed by atoms with Crippen molar-refractivity contribution in [1.82, 2.24) is 10.3 Å². The number of carbonyl (C=O) groups is 1. The van der Waals surface area contributed by atoms with Crippen molar-refractivity contribution in [2.75, 3.05) is 0 Å². The fraction of sp³-hybridized carbons (Fsp3) is 0.429. The van der Waals surface area contributed by atoms with Crippen molar-refractivity contribution in [3.8, 4) is 0 Å². The molecule has 9 heteroatoms. The number of nitrogens with one attached hydrogen (secondary N) is 1. The Morgan fingerprint density at radius 1 is 0.973 bits per heavy atom. The number of amides is 1. The Kier molecular flexibility index (Phi) is 8.10. The first-order valence-electron chi connectivity index (χ1n) is 12.2. The van der Waals surface area contributed by atoms with Crippen molar-refractivity contribution < 1.29 is 27.1 Å². The molecule has 2 aromatic carbocycles. The van der Waals surface area contributed by atoms with E-state index in [1.54, 1.807) is 13.0 Å². The molecule has 0 radical (unpaired) electrons. The number of benzene rings is 2. The van der Waals surface area contributed by atoms with Crippen LogP contribution in [0.25, 0.3) is 10.8 Å². The quantitative estimate of drug-likeness (QED) is 0.313. The van der Waals surface area contributed by atoms with Gasteiger partial charge in [-0.05, 0) is 60.4 Å². The van der Waals surface area contributed by atoms with Crippen LogP contribution in [0, 0.1) is 0 Å². The third kappa shape index (κ3) is 6.33. The number of hydrogen-bond donors (Lipinski definition) is 1. The van der Waals surface area contributed by atoms with Gasteiger partial charge in [0.05, 0.1) is 24.0 Å². The zero-order chi connectivity index (χ0) is 27.6. The van der Waals surface area contributed by atoms with Crippen molar-refractivity contribution in [2.24, 2.45) is 0 Å². The smallest absolute Gasteiger partial charge is 0.427 e. The van der Waals surface area contributed by atoms with Gasteiger partial charge in [-0.2, -0.15) is 13.2 Å². The molecule has 37 heavy (non-hydrogen) atoms. The van der Waals surface area contributed by atoms with E-state index in [0.717, 1.165) is 23.3 Å². The van der Waals surface area contributed by atoms with Gasteiger partial charge in [-0.15, -0.1) is 0 Å². The van der Waals surface area contributed by atoms with Gasteiger partial charge >= 0.3 is 12.3 Å². The van der Waals surface area contributed by atoms with Crippen molar-refractivity contribution in [1.29, 1.82) is 0 Å². The molecular formula is C28H35F3N2O3Si. The normalized spacial score (nSPS) is 15.2. The van der Waals surface area contributed by atoms with Crippen LogP contribution in [0.15, 0.2) is 60.7 Å². The van der Waals surface area contributed by atoms with Gasteiger partial charge in [0.1, 0.15) is 0 Å². The summed E-state index contributed by atoms with van der Waals surface area (Å²) < 4.78 is 54.1. The molecule has 0 bridgehead atoms. The highest BCUT2D eigenvalue weighted by Crippen LogP contribution is 2.42. The molecule has 0 aliphatic heterocycles. The molecule has 1 aromatic heterocycles. The molecule has 1 N–H and O–H groups in total. The first kappa shape index (κ1) is 28.7. The summed E-state index contributed by atoms with van der Waals surface area (Å²) in [7, 11) is -2.14. The number of hydrogen-bond acceptors (Lipinski definition) is 4. The van der Waals surface area contributed by atoms with Crippen LogP contribution in [-0.2, 0) is 21.4 Å². The minimum atomic E-state index is -4.90. The maximum absolute atomic E-state index is 14.3. The molecule has 2 atom stereocenters. The van der Waals surface area contributed by atoms with Crippen LogP contribution < -0.4 is 5.32 Å². The largest absolute Gasteiger partial charge is 0.434 e. The van der Waals surface area contributed by atoms with E-state index in [1.807, 2.05) is 42.5 Å². The van der Waals surface area contributed by atoms with Crippen LogP contribution in [0.2, 0.25) is 18.1 Å². The molecule has 0 spiro atoms. The van der Waals surface area contributed by atoms with Gasteiger partial charge in [-0.1, -0.05) is 69.3 Å². The van der Waals surface area contributed by atoms with Crippen molar-refractivity contribution in [3.05, 3.63) is 77.6 Å². The number of ether oxygens (including phenoxy) is 1. The van der Waals surface area contributed by atoms with Gasteiger partial charge in [0.25, 0.3) is 0 Å². The molecule has 5 nitrogen and oxygen atoms in total. The number of pyridine rings is 1. The summed E-state index contributed by atoms with van der Waals surface area (Å²) in [6.07, 6.45) is -6.09. The fourth-order valence-electron chi connectivity index (χ4n) is 3.65. The predicted octanol–water partition coefficient (Wildman–Crippen LogP) is 8.02. The Morgan fingerprint density at radius 3 is 2.24 bits per heavy atom. The number of aromatic nitrogens is 1. The van der Waals surface area contributed by atoms with Crippen LogP contribution in [-0.4, -0.2) is 25.6 Å². The lowest BCUT2D eigenvalue weighted by Crippen LogP contribution is -2.47. The Hall–Kier alpha value is -2.91. The fourth-order valence-corrected chi connectivity index (χ4v) is 4.59. The summed E-state index contributed by atoms with van der Waals surface area (Å²) in [5, 5.41) is 4.35. The van der Waals surface area contributed by atoms with E-state index in [2.05, 4.69) is 44.2 Å². The Labute approximate surface area is 217 Å². The Morgan fingerprint density at radius 2 is 1.59 bits per heavy atom. The predicted molar refractivity (Wildman–Crippen MR) is 142 cm³/mol. The molecule has 0 saturated carbocycles. The number of fused-ring (bicyclic) bond motifs is 1. The second-order valence-corrected chi connectivity index (χ2v) is 15.7. The lowest BCUT2D eigenvalue weighted by atomic mass is 9.99. The SMILES string of the molecule is C[C@@H](NC(=O)OC(C)(c1cccc(CO[Si](C)(C)C(C)(C)C)n1)C(F)(F)F)c1cccc2ccccc12. The Bertz CT molecular complexity index is 1250. The molecule has 1 amide bonds. The highest BCUT2D eigenvalue weighted by atomic mass is 28.4. The van der Waals surface area contributed by atoms with E-state index in [4.69, 9.17) is 9.16 Å². The van der Waals surface area contributed by atoms with Gasteiger partial charge in [0.15, 0.2) is 8.32 Å². The number of nitrogens with zero attached hydrogens (tertiary/aromatic N) is 1. The minimum Gasteiger partial charge on any atom is -0.427 e. The zero-order valence-corrected chi connectivity index (χ0v) is 23.4. The van der Waals surface area contributed by atoms with Crippen LogP contribution in [0.5, 0.6) is 0 Å². The van der Waals surface area contributed by atoms with E-state index in [9.17, 15) is 18.0 Å². The van der Waals surface area contributed by atoms with E-state index in [0.29, 0.717) is 5.69 Å². The van der Waals surface area contributed by atoms with Gasteiger partial charge < -0.3 is 14.5 Å². The molecule has 0 fully saturated rings. The van der Waals surface area contributed by atoms with Crippen LogP contribution in [0.1, 0.15) is 57.6 Å². The number of alkyl halides is 3. The highest BCUT2D eigenvalue weighted by molar-refractivity contribution is 6.74. The standard InChI is InChI=1S/C28H35F3N2O3Si/c1-19(22-16-10-13-20-12-8-9-15-23(20)22)32-25(34)36-27(5,28(29,30)31)24-17-11-14-21(33-24)18-35-37(6,7)26(2,3)4/h8-17,19H,18H2,1-7H3,(H,32,34)/t19-,27?/m1/s1. The van der Waals surface area contributed by atoms with E-state index >= 15 is 0 Å². The second kappa shape index (κ2) is 10.5. The molecule has 1 unspecified atom stereocenters. The summed E-state index contributed by atoms with van der Waals surface area (Å²) in [5.41, 5.74) is -2.26. The molecule has 3 aromatic rings. The number of alkyl carbamates (subject to hydrolysis) is 1. The molecule has 3 rings (SSSR count). The summed E-state index contributed by atoms with van der Waals surface area (Å²) in [5.74, 6) is 0. The first-order chi connectivity index (χ1) is 17.0. The van der Waals surface area contributed by atoms with Crippen molar-refractivity contribution in [3.63, 3.8) is 0 Å². The average Bonchev–Trinajstić information content (AvgIpc) is 2.81. The van der Waals surface area contributed by atoms with Gasteiger partial charge in [0, 0.05) is 0 Å². The third-order valence-corrected chi connectivity index (χ3v) is 11.6. The van der Waals surface area contributed by atoms with Gasteiger partial charge in [0.2, 0.25) is 5.60 Å². The maximum Gasteiger partial charge on any atom is 0.434 e. The van der Waals surface area contributed by atoms with Crippen molar-refractivity contribution in [2.45, 2.75) is 77.2 Å². The monoisotopic (exact) mass is 532 g/mol. The zero-order valence-electron chi connectivity index (χ0n) is 22.4. The second-order valence-electron chi connectivity index (χ2n) is 10.9. The molecule has 1 heterocycles. The van der Waals surface area contributed by atoms with Crippen LogP contribution >= 0.6 is 0 Å². The molecular weight excluding hydrogens is 497 g/mol. The van der Waals surface area contributed by atoms with Crippen LogP contribution in [0.3, 0.4) is 0 Å². The van der Waals surface area contributed by atoms with E-state index in [-0.39, 0.29) is 11.6 Å². The summed E-state index contributed by atoms with van der Waals surface area (Å²) in [6.45, 7) is 12.9. The van der Waals surface area contributed by atoms with Crippen molar-refractivity contribution >= 4 is 25.2 Å². The number of halogens is 3. The van der Waals surface area contributed by atoms with E-state index in [1.165, 1.54) is 12.1 Å². The van der Waals surface area contributed by atoms with E-state index < -0.39 is 37.9 Å². The highest BCUT2D eigenvalue weighted by Gasteiger charge is 2.57. The van der Waals surface area contributed by atoms with Gasteiger partial charge in [-0.25, -0.2) is 4.79 Å². The third-order valence-electron chi connectivity index (χ3n) is 7.14. The average molecular weight is 533 g/mol. The number of rotatable bonds is 7. The minimum absolute atomic E-state index is 0.0624.